The SMILES string of the molecule is CCCNC(=O)C(C)N(Cc1ccc(Cl)c(Cl)c1)C(=O)Cc1ccc(Cl)cc1Cl. The van der Waals surface area contributed by atoms with Gasteiger partial charge in [0.05, 0.1) is 16.5 Å². The summed E-state index contributed by atoms with van der Waals surface area (Å²) in [6.45, 7) is 4.42. The molecule has 0 aliphatic carbocycles. The highest BCUT2D eigenvalue weighted by molar-refractivity contribution is 6.42. The Morgan fingerprint density at radius 2 is 1.72 bits per heavy atom. The number of amides is 2. The van der Waals surface area contributed by atoms with E-state index < -0.39 is 6.04 Å². The molecular formula is C21H22Cl4N2O2. The third kappa shape index (κ3) is 6.78. The fourth-order valence-electron chi connectivity index (χ4n) is 2.74. The van der Waals surface area contributed by atoms with Crippen molar-refractivity contribution in [3.8, 4) is 0 Å². The first-order chi connectivity index (χ1) is 13.7. The molecule has 8 heteroatoms. The number of carbonyl (C=O) groups is 2. The van der Waals surface area contributed by atoms with Crippen LogP contribution < -0.4 is 5.32 Å². The van der Waals surface area contributed by atoms with Crippen molar-refractivity contribution in [1.29, 1.82) is 0 Å². The summed E-state index contributed by atoms with van der Waals surface area (Å²) in [6.07, 6.45) is 0.850. The second-order valence-electron chi connectivity index (χ2n) is 6.65. The van der Waals surface area contributed by atoms with Gasteiger partial charge in [0.15, 0.2) is 0 Å². The number of benzene rings is 2. The molecule has 1 unspecified atom stereocenters. The first-order valence-electron chi connectivity index (χ1n) is 9.18. The van der Waals surface area contributed by atoms with Crippen molar-refractivity contribution >= 4 is 58.2 Å². The van der Waals surface area contributed by atoms with Crippen molar-refractivity contribution in [2.45, 2.75) is 39.3 Å². The van der Waals surface area contributed by atoms with E-state index in [2.05, 4.69) is 5.32 Å². The Hall–Kier alpha value is -1.46. The lowest BCUT2D eigenvalue weighted by Gasteiger charge is -2.29. The molecule has 29 heavy (non-hydrogen) atoms. The van der Waals surface area contributed by atoms with Crippen LogP contribution in [0.1, 0.15) is 31.4 Å². The minimum Gasteiger partial charge on any atom is -0.354 e. The molecule has 0 heterocycles. The van der Waals surface area contributed by atoms with E-state index in [9.17, 15) is 9.59 Å². The van der Waals surface area contributed by atoms with Gasteiger partial charge in [-0.15, -0.1) is 0 Å². The lowest BCUT2D eigenvalue weighted by molar-refractivity contribution is -0.140. The van der Waals surface area contributed by atoms with Gasteiger partial charge in [0.2, 0.25) is 11.8 Å². The zero-order valence-corrected chi connectivity index (χ0v) is 19.2. The molecule has 0 spiro atoms. The highest BCUT2D eigenvalue weighted by Crippen LogP contribution is 2.25. The molecule has 2 aromatic carbocycles. The molecule has 0 aliphatic rings. The summed E-state index contributed by atoms with van der Waals surface area (Å²) >= 11 is 24.2. The monoisotopic (exact) mass is 474 g/mol. The third-order valence-electron chi connectivity index (χ3n) is 4.41. The van der Waals surface area contributed by atoms with Crippen LogP contribution in [0.5, 0.6) is 0 Å². The standard InChI is InChI=1S/C21H22Cl4N2O2/c1-3-8-26-21(29)13(2)27(12-14-4-7-17(23)19(25)9-14)20(28)10-15-5-6-16(22)11-18(15)24/h4-7,9,11,13H,3,8,10,12H2,1-2H3,(H,26,29). The van der Waals surface area contributed by atoms with Crippen molar-refractivity contribution in [2.24, 2.45) is 0 Å². The van der Waals surface area contributed by atoms with Crippen LogP contribution in [0.25, 0.3) is 0 Å². The molecule has 0 fully saturated rings. The van der Waals surface area contributed by atoms with E-state index in [1.165, 1.54) is 4.90 Å². The molecule has 4 nitrogen and oxygen atoms in total. The molecule has 0 aromatic heterocycles. The fourth-order valence-corrected chi connectivity index (χ4v) is 3.54. The number of hydrogen-bond acceptors (Lipinski definition) is 2. The summed E-state index contributed by atoms with van der Waals surface area (Å²) in [5.41, 5.74) is 1.41. The maximum Gasteiger partial charge on any atom is 0.242 e. The zero-order valence-electron chi connectivity index (χ0n) is 16.1. The van der Waals surface area contributed by atoms with Crippen LogP contribution in [-0.4, -0.2) is 29.3 Å². The zero-order chi connectivity index (χ0) is 21.6. The average molecular weight is 476 g/mol. The number of nitrogens with zero attached hydrogens (tertiary/aromatic N) is 1. The van der Waals surface area contributed by atoms with E-state index in [-0.39, 0.29) is 24.8 Å². The first-order valence-corrected chi connectivity index (χ1v) is 10.7. The number of nitrogens with one attached hydrogen (secondary N) is 1. The molecular weight excluding hydrogens is 454 g/mol. The van der Waals surface area contributed by atoms with E-state index in [0.29, 0.717) is 32.2 Å². The molecule has 1 N–H and O–H groups in total. The topological polar surface area (TPSA) is 49.4 Å². The molecule has 0 aliphatic heterocycles. The van der Waals surface area contributed by atoms with Gasteiger partial charge in [0, 0.05) is 23.1 Å². The fraction of sp³-hybridized carbons (Fsp3) is 0.333. The van der Waals surface area contributed by atoms with Crippen molar-refractivity contribution in [3.63, 3.8) is 0 Å². The summed E-state index contributed by atoms with van der Waals surface area (Å²) in [5.74, 6) is -0.457. The average Bonchev–Trinajstić information content (AvgIpc) is 2.68. The minimum absolute atomic E-state index is 0.0444. The number of halogens is 4. The molecule has 0 bridgehead atoms. The van der Waals surface area contributed by atoms with E-state index in [0.717, 1.165) is 12.0 Å². The van der Waals surface area contributed by atoms with Gasteiger partial charge in [-0.25, -0.2) is 0 Å². The van der Waals surface area contributed by atoms with Crippen LogP contribution in [0.15, 0.2) is 36.4 Å². The van der Waals surface area contributed by atoms with Crippen LogP contribution in [0.4, 0.5) is 0 Å². The van der Waals surface area contributed by atoms with Gasteiger partial charge in [-0.1, -0.05) is 65.5 Å². The molecule has 156 valence electrons. The quantitative estimate of drug-likeness (QED) is 0.525. The van der Waals surface area contributed by atoms with Crippen molar-refractivity contribution < 1.29 is 9.59 Å². The molecule has 2 amide bonds. The van der Waals surface area contributed by atoms with Crippen molar-refractivity contribution in [1.82, 2.24) is 10.2 Å². The Kier molecular flexibility index (Phi) is 9.09. The molecule has 2 rings (SSSR count). The van der Waals surface area contributed by atoms with Gasteiger partial charge in [0.1, 0.15) is 6.04 Å². The van der Waals surface area contributed by atoms with Crippen LogP contribution in [0, 0.1) is 0 Å². The lowest BCUT2D eigenvalue weighted by Crippen LogP contribution is -2.48. The molecule has 1 atom stereocenters. The summed E-state index contributed by atoms with van der Waals surface area (Å²) in [5, 5.41) is 4.55. The van der Waals surface area contributed by atoms with Gasteiger partial charge >= 0.3 is 0 Å². The second-order valence-corrected chi connectivity index (χ2v) is 8.31. The van der Waals surface area contributed by atoms with E-state index in [1.54, 1.807) is 43.3 Å². The van der Waals surface area contributed by atoms with Gasteiger partial charge < -0.3 is 10.2 Å². The maximum absolute atomic E-state index is 13.1. The summed E-state index contributed by atoms with van der Waals surface area (Å²) in [6, 6.07) is 9.44. The molecule has 2 aromatic rings. The third-order valence-corrected chi connectivity index (χ3v) is 5.74. The predicted octanol–water partition coefficient (Wildman–Crippen LogP) is 5.79. The summed E-state index contributed by atoms with van der Waals surface area (Å²) < 4.78 is 0. The highest BCUT2D eigenvalue weighted by atomic mass is 35.5. The Balaban J connectivity index is 2.27. The smallest absolute Gasteiger partial charge is 0.242 e. The summed E-state index contributed by atoms with van der Waals surface area (Å²) in [7, 11) is 0. The Labute approximate surface area is 191 Å². The van der Waals surface area contributed by atoms with Gasteiger partial charge in [-0.2, -0.15) is 0 Å². The molecule has 0 radical (unpaired) electrons. The Morgan fingerprint density at radius 3 is 2.34 bits per heavy atom. The van der Waals surface area contributed by atoms with Crippen LogP contribution in [-0.2, 0) is 22.6 Å². The number of rotatable bonds is 8. The van der Waals surface area contributed by atoms with Crippen LogP contribution in [0.3, 0.4) is 0 Å². The highest BCUT2D eigenvalue weighted by Gasteiger charge is 2.26. The number of carbonyl (C=O) groups excluding carboxylic acids is 2. The second kappa shape index (κ2) is 11.1. The van der Waals surface area contributed by atoms with Gasteiger partial charge in [0.25, 0.3) is 0 Å². The van der Waals surface area contributed by atoms with Gasteiger partial charge in [-0.05, 0) is 48.7 Å². The molecule has 0 saturated heterocycles. The van der Waals surface area contributed by atoms with Gasteiger partial charge in [-0.3, -0.25) is 9.59 Å². The summed E-state index contributed by atoms with van der Waals surface area (Å²) in [4.78, 5) is 27.2. The lowest BCUT2D eigenvalue weighted by atomic mass is 10.1. The molecule has 0 saturated carbocycles. The first kappa shape index (κ1) is 23.8. The van der Waals surface area contributed by atoms with E-state index in [4.69, 9.17) is 46.4 Å². The minimum atomic E-state index is -0.672. The Morgan fingerprint density at radius 1 is 1.00 bits per heavy atom. The maximum atomic E-state index is 13.1. The van der Waals surface area contributed by atoms with Crippen LogP contribution >= 0.6 is 46.4 Å². The van der Waals surface area contributed by atoms with Crippen LogP contribution in [0.2, 0.25) is 20.1 Å². The van der Waals surface area contributed by atoms with Crippen molar-refractivity contribution in [2.75, 3.05) is 6.54 Å². The van der Waals surface area contributed by atoms with Crippen molar-refractivity contribution in [3.05, 3.63) is 67.6 Å². The largest absolute Gasteiger partial charge is 0.354 e. The van der Waals surface area contributed by atoms with E-state index >= 15 is 0 Å². The predicted molar refractivity (Wildman–Crippen MR) is 120 cm³/mol. The number of hydrogen-bond donors (Lipinski definition) is 1. The Bertz CT molecular complexity index is 889. The normalized spacial score (nSPS) is 11.8. The van der Waals surface area contributed by atoms with E-state index in [1.807, 2.05) is 6.92 Å².